The van der Waals surface area contributed by atoms with Gasteiger partial charge in [-0.15, -0.1) is 21.5 Å². The molecule has 13 heteroatoms. The number of carbonyl (C=O) groups is 3. The Morgan fingerprint density at radius 2 is 1.72 bits per heavy atom. The molecule has 1 fully saturated rings. The number of amides is 2. The molecule has 2 aliphatic rings. The summed E-state index contributed by atoms with van der Waals surface area (Å²) in [5.74, 6) is 0.376. The van der Waals surface area contributed by atoms with Crippen LogP contribution in [0.15, 0.2) is 64.5 Å². The van der Waals surface area contributed by atoms with Gasteiger partial charge in [0, 0.05) is 64.1 Å². The number of nitrogens with one attached hydrogen (secondary N) is 2. The second-order valence-corrected chi connectivity index (χ2v) is 13.3. The van der Waals surface area contributed by atoms with Crippen LogP contribution in [0.4, 0.5) is 0 Å². The molecule has 1 aliphatic heterocycles. The van der Waals surface area contributed by atoms with Gasteiger partial charge in [-0.05, 0) is 63.5 Å². The molecule has 1 aliphatic carbocycles. The van der Waals surface area contributed by atoms with E-state index >= 15 is 0 Å². The molecule has 11 nitrogen and oxygen atoms in total. The van der Waals surface area contributed by atoms with Crippen molar-refractivity contribution in [1.29, 1.82) is 0 Å². The van der Waals surface area contributed by atoms with E-state index < -0.39 is 11.9 Å². The summed E-state index contributed by atoms with van der Waals surface area (Å²) in [5.41, 5.74) is 3.88. The third-order valence-corrected chi connectivity index (χ3v) is 9.79. The number of pyridine rings is 1. The Bertz CT molecular complexity index is 1980. The molecule has 1 atom stereocenters. The van der Waals surface area contributed by atoms with E-state index in [0.717, 1.165) is 33.2 Å². The van der Waals surface area contributed by atoms with E-state index in [4.69, 9.17) is 16.6 Å². The number of hydrogen-bond acceptors (Lipinski definition) is 8. The first-order valence-electron chi connectivity index (χ1n) is 14.8. The van der Waals surface area contributed by atoms with Crippen LogP contribution in [-0.2, 0) is 16.6 Å². The Kier molecular flexibility index (Phi) is 8.58. The van der Waals surface area contributed by atoms with Crippen LogP contribution in [0.1, 0.15) is 68.9 Å². The van der Waals surface area contributed by atoms with Gasteiger partial charge in [-0.1, -0.05) is 23.7 Å². The summed E-state index contributed by atoms with van der Waals surface area (Å²) in [6.07, 6.45) is 5.00. The Balaban J connectivity index is 1.11. The van der Waals surface area contributed by atoms with Crippen molar-refractivity contribution in [3.63, 3.8) is 0 Å². The minimum Gasteiger partial charge on any atom is -0.353 e. The summed E-state index contributed by atoms with van der Waals surface area (Å²) in [6, 6.07) is 9.46. The number of aromatic nitrogens is 4. The first-order chi connectivity index (χ1) is 22.0. The van der Waals surface area contributed by atoms with Gasteiger partial charge >= 0.3 is 0 Å². The predicted octanol–water partition coefficient (Wildman–Crippen LogP) is 4.09. The van der Waals surface area contributed by atoms with E-state index in [1.165, 1.54) is 39.9 Å². The molecule has 1 aromatic carbocycles. The quantitative estimate of drug-likeness (QED) is 0.216. The van der Waals surface area contributed by atoms with Crippen LogP contribution in [0.25, 0.3) is 5.00 Å². The van der Waals surface area contributed by atoms with Gasteiger partial charge in [0.2, 0.25) is 17.4 Å². The zero-order chi connectivity index (χ0) is 32.7. The van der Waals surface area contributed by atoms with Crippen LogP contribution >= 0.6 is 22.9 Å². The highest BCUT2D eigenvalue weighted by molar-refractivity contribution is 7.15. The number of thiophene rings is 1. The zero-order valence-corrected chi connectivity index (χ0v) is 27.3. The van der Waals surface area contributed by atoms with Crippen LogP contribution < -0.4 is 16.2 Å². The first-order valence-corrected chi connectivity index (χ1v) is 16.0. The Labute approximate surface area is 274 Å². The lowest BCUT2D eigenvalue weighted by Crippen LogP contribution is -2.53. The van der Waals surface area contributed by atoms with Crippen molar-refractivity contribution < 1.29 is 14.4 Å². The maximum Gasteiger partial charge on any atom is 0.250 e. The van der Waals surface area contributed by atoms with Crippen molar-refractivity contribution in [2.75, 3.05) is 0 Å². The van der Waals surface area contributed by atoms with Crippen molar-refractivity contribution in [3.8, 4) is 5.00 Å². The maximum atomic E-state index is 13.3. The fourth-order valence-corrected chi connectivity index (χ4v) is 7.02. The highest BCUT2D eigenvalue weighted by Crippen LogP contribution is 2.39. The van der Waals surface area contributed by atoms with E-state index in [1.54, 1.807) is 18.4 Å². The second-order valence-electron chi connectivity index (χ2n) is 11.6. The van der Waals surface area contributed by atoms with Gasteiger partial charge < -0.3 is 15.2 Å². The largest absolute Gasteiger partial charge is 0.353 e. The normalized spacial score (nSPS) is 18.6. The zero-order valence-electron chi connectivity index (χ0n) is 25.7. The van der Waals surface area contributed by atoms with Crippen molar-refractivity contribution in [3.05, 3.63) is 109 Å². The van der Waals surface area contributed by atoms with E-state index in [1.807, 2.05) is 35.8 Å². The van der Waals surface area contributed by atoms with Gasteiger partial charge in [0.25, 0.3) is 0 Å². The molecule has 0 bridgehead atoms. The third-order valence-electron chi connectivity index (χ3n) is 8.34. The molecule has 2 amide bonds. The number of aliphatic imine (C=N–C) groups is 1. The van der Waals surface area contributed by atoms with Crippen molar-refractivity contribution >= 4 is 46.2 Å². The predicted molar refractivity (Wildman–Crippen MR) is 176 cm³/mol. The number of fused-ring (bicyclic) bond motifs is 3. The highest BCUT2D eigenvalue weighted by Gasteiger charge is 2.35. The molecular formula is C33H32ClN7O4S. The number of benzene rings is 1. The summed E-state index contributed by atoms with van der Waals surface area (Å²) in [4.78, 5) is 55.9. The standard InChI is InChI=1S/C33H32ClN7O4S/c1-17-18(2)46-33-30(17)31(20-5-8-22(34)9-6-20)37-25(32-39-38-19(3)41(32)33)15-28(44)36-24-13-23(14-24)35-27(43)11-10-26(42)21-7-12-29(45)40(4)16-21/h5-12,16,23-25H,13-15H2,1-4H3,(H,35,43)(H,36,44)/b11-10+/t23?,24?,25-/m0/s1. The Morgan fingerprint density at radius 3 is 2.43 bits per heavy atom. The molecule has 3 aromatic heterocycles. The first kappa shape index (κ1) is 31.3. The number of rotatable bonds is 8. The second kappa shape index (κ2) is 12.6. The van der Waals surface area contributed by atoms with Crippen LogP contribution in [0.2, 0.25) is 5.02 Å². The number of carbonyl (C=O) groups excluding carboxylic acids is 3. The van der Waals surface area contributed by atoms with Crippen LogP contribution in [0.3, 0.4) is 0 Å². The lowest BCUT2D eigenvalue weighted by Gasteiger charge is -2.36. The number of halogens is 1. The van der Waals surface area contributed by atoms with E-state index in [2.05, 4.69) is 34.7 Å². The van der Waals surface area contributed by atoms with Gasteiger partial charge in [-0.2, -0.15) is 0 Å². The molecule has 46 heavy (non-hydrogen) atoms. The number of aryl methyl sites for hydroxylation is 3. The van der Waals surface area contributed by atoms with Gasteiger partial charge in [0.1, 0.15) is 16.9 Å². The van der Waals surface area contributed by atoms with Gasteiger partial charge in [0.05, 0.1) is 12.1 Å². The van der Waals surface area contributed by atoms with E-state index in [9.17, 15) is 19.2 Å². The molecule has 0 unspecified atom stereocenters. The molecule has 0 spiro atoms. The van der Waals surface area contributed by atoms with Crippen molar-refractivity contribution in [1.82, 2.24) is 30.0 Å². The van der Waals surface area contributed by atoms with Gasteiger partial charge in [-0.25, -0.2) is 0 Å². The summed E-state index contributed by atoms with van der Waals surface area (Å²) in [6.45, 7) is 6.06. The fraction of sp³-hybridized carbons (Fsp3) is 0.303. The van der Waals surface area contributed by atoms with Gasteiger partial charge in [0.15, 0.2) is 11.6 Å². The summed E-state index contributed by atoms with van der Waals surface area (Å²) in [7, 11) is 1.55. The average Bonchev–Trinajstić information content (AvgIpc) is 3.48. The molecule has 0 radical (unpaired) electrons. The van der Waals surface area contributed by atoms with Crippen LogP contribution in [0, 0.1) is 20.8 Å². The monoisotopic (exact) mass is 657 g/mol. The van der Waals surface area contributed by atoms with Gasteiger partial charge in [-0.3, -0.25) is 28.7 Å². The maximum absolute atomic E-state index is 13.3. The molecule has 0 saturated heterocycles. The van der Waals surface area contributed by atoms with Crippen molar-refractivity contribution in [2.45, 2.75) is 58.2 Å². The van der Waals surface area contributed by atoms with Crippen LogP contribution in [-0.4, -0.2) is 54.7 Å². The molecule has 6 rings (SSSR count). The third kappa shape index (κ3) is 6.22. The number of nitrogens with zero attached hydrogens (tertiary/aromatic N) is 5. The number of ketones is 1. The molecule has 236 valence electrons. The molecular weight excluding hydrogens is 626 g/mol. The Hall–Kier alpha value is -4.68. The topological polar surface area (TPSA) is 140 Å². The summed E-state index contributed by atoms with van der Waals surface area (Å²) in [5, 5.41) is 16.3. The number of hydrogen-bond donors (Lipinski definition) is 2. The van der Waals surface area contributed by atoms with E-state index in [0.29, 0.717) is 29.3 Å². The fourth-order valence-electron chi connectivity index (χ4n) is 5.68. The van der Waals surface area contributed by atoms with Crippen molar-refractivity contribution in [2.24, 2.45) is 12.0 Å². The van der Waals surface area contributed by atoms with Crippen LogP contribution in [0.5, 0.6) is 0 Å². The molecule has 1 saturated carbocycles. The van der Waals surface area contributed by atoms with E-state index in [-0.39, 0.29) is 35.8 Å². The Morgan fingerprint density at radius 1 is 1.00 bits per heavy atom. The summed E-state index contributed by atoms with van der Waals surface area (Å²) >= 11 is 7.85. The smallest absolute Gasteiger partial charge is 0.250 e. The lowest BCUT2D eigenvalue weighted by molar-refractivity contribution is -0.123. The summed E-state index contributed by atoms with van der Waals surface area (Å²) < 4.78 is 3.31. The minimum atomic E-state index is -0.573. The highest BCUT2D eigenvalue weighted by atomic mass is 35.5. The molecule has 4 aromatic rings. The SMILES string of the molecule is Cc1sc2c(c1C)C(c1ccc(Cl)cc1)=N[C@@H](CC(=O)NC1CC(NC(=O)/C=C/C(=O)c3ccc(=O)n(C)c3)C1)c1nnc(C)n1-2. The minimum absolute atomic E-state index is 0.0751. The average molecular weight is 658 g/mol. The number of allylic oxidation sites excluding steroid dienone is 1. The molecule has 4 heterocycles. The molecule has 2 N–H and O–H groups in total. The lowest BCUT2D eigenvalue weighted by atomic mass is 9.86.